The lowest BCUT2D eigenvalue weighted by Gasteiger charge is -2.34. The van der Waals surface area contributed by atoms with Gasteiger partial charge in [0.05, 0.1) is 0 Å². The fourth-order valence-electron chi connectivity index (χ4n) is 5.84. The topological polar surface area (TPSA) is 46.5 Å². The van der Waals surface area contributed by atoms with E-state index in [1.807, 2.05) is 0 Å². The lowest BCUT2D eigenvalue weighted by Crippen LogP contribution is -2.72. The van der Waals surface area contributed by atoms with Crippen LogP contribution in [0.5, 0.6) is 0 Å². The highest BCUT2D eigenvalue weighted by molar-refractivity contribution is 7.37. The van der Waals surface area contributed by atoms with Crippen molar-refractivity contribution in [3.63, 3.8) is 0 Å². The summed E-state index contributed by atoms with van der Waals surface area (Å²) >= 11 is 0. The van der Waals surface area contributed by atoms with E-state index >= 15 is 0 Å². The van der Waals surface area contributed by atoms with Crippen molar-refractivity contribution in [2.24, 2.45) is 0 Å². The van der Waals surface area contributed by atoms with Crippen molar-refractivity contribution in [1.29, 1.82) is 0 Å². The molecule has 168 valence electrons. The van der Waals surface area contributed by atoms with E-state index in [9.17, 15) is 9.46 Å². The normalized spacial score (nSPS) is 12.2. The highest BCUT2D eigenvalue weighted by Gasteiger charge is 2.54. The number of rotatable bonds is 5. The third kappa shape index (κ3) is 4.25. The van der Waals surface area contributed by atoms with Gasteiger partial charge in [0.15, 0.2) is 0 Å². The van der Waals surface area contributed by atoms with Gasteiger partial charge in [-0.25, -0.2) is 0 Å². The molecule has 0 radical (unpaired) electrons. The maximum Gasteiger partial charge on any atom is 0.683 e. The Kier molecular flexibility index (Phi) is 6.93. The zero-order valence-corrected chi connectivity index (χ0v) is 22.6. The standard InChI is InChI=1S/C27H33O3PSi/c1-16-10-19(4)25(20(5)11-16)32(30-31(28)29,26-21(6)12-17(2)13-22(26)7)27-23(8)14-18(3)15-24(27)9/h10-15H,1-9H3/p+1. The van der Waals surface area contributed by atoms with Crippen LogP contribution in [-0.4, -0.2) is 13.2 Å². The van der Waals surface area contributed by atoms with Crippen molar-refractivity contribution >= 4 is 32.1 Å². The summed E-state index contributed by atoms with van der Waals surface area (Å²) in [7, 11) is -6.20. The van der Waals surface area contributed by atoms with Gasteiger partial charge in [0.1, 0.15) is 0 Å². The van der Waals surface area contributed by atoms with Gasteiger partial charge in [-0.05, 0) is 111 Å². The molecule has 0 aliphatic heterocycles. The van der Waals surface area contributed by atoms with Gasteiger partial charge < -0.3 is 0 Å². The van der Waals surface area contributed by atoms with Crippen molar-refractivity contribution in [2.45, 2.75) is 62.3 Å². The first-order valence-corrected chi connectivity index (χ1v) is 14.0. The first kappa shape index (κ1) is 24.5. The molecule has 1 atom stereocenters. The molecule has 0 bridgehead atoms. The van der Waals surface area contributed by atoms with Crippen LogP contribution in [0.3, 0.4) is 0 Å². The lowest BCUT2D eigenvalue weighted by atomic mass is 10.1. The molecule has 1 N–H and O–H groups in total. The van der Waals surface area contributed by atoms with Crippen molar-refractivity contribution in [3.8, 4) is 0 Å². The zero-order chi connectivity index (χ0) is 24.0. The summed E-state index contributed by atoms with van der Waals surface area (Å²) in [6, 6.07) is 13.0. The Labute approximate surface area is 194 Å². The van der Waals surface area contributed by atoms with Gasteiger partial charge in [0, 0.05) is 4.57 Å². The van der Waals surface area contributed by atoms with Gasteiger partial charge in [-0.1, -0.05) is 53.1 Å². The molecule has 0 amide bonds. The van der Waals surface area contributed by atoms with Crippen LogP contribution < -0.4 is 15.6 Å². The highest BCUT2D eigenvalue weighted by Crippen LogP contribution is 2.30. The summed E-state index contributed by atoms with van der Waals surface area (Å²) in [6.07, 6.45) is 0. The quantitative estimate of drug-likeness (QED) is 0.324. The molecule has 1 unspecified atom stereocenters. The Balaban J connectivity index is 2.67. The van der Waals surface area contributed by atoms with Crippen molar-refractivity contribution in [3.05, 3.63) is 86.5 Å². The van der Waals surface area contributed by atoms with Crippen molar-refractivity contribution < 1.29 is 13.7 Å². The first-order chi connectivity index (χ1) is 14.9. The van der Waals surface area contributed by atoms with Crippen molar-refractivity contribution in [2.75, 3.05) is 0 Å². The number of hydrogen-bond acceptors (Lipinski definition) is 2. The second-order valence-electron chi connectivity index (χ2n) is 9.33. The van der Waals surface area contributed by atoms with Crippen LogP contribution in [-0.2, 0) is 8.78 Å². The number of hydrogen-bond donors (Lipinski definition) is 1. The van der Waals surface area contributed by atoms with E-state index in [1.54, 1.807) is 0 Å². The van der Waals surface area contributed by atoms with E-state index in [2.05, 4.69) is 98.7 Å². The van der Waals surface area contributed by atoms with Crippen LogP contribution in [0.15, 0.2) is 36.4 Å². The summed E-state index contributed by atoms with van der Waals surface area (Å²) in [5.41, 5.74) is 10.1. The maximum atomic E-state index is 12.6. The molecule has 0 heterocycles. The molecule has 3 aromatic rings. The predicted octanol–water partition coefficient (Wildman–Crippen LogP) is 5.10. The van der Waals surface area contributed by atoms with Crippen LogP contribution in [0.25, 0.3) is 0 Å². The smallest absolute Gasteiger partial charge is 0.158 e. The molecule has 32 heavy (non-hydrogen) atoms. The van der Waals surface area contributed by atoms with E-state index in [0.717, 1.165) is 48.9 Å². The number of benzene rings is 3. The van der Waals surface area contributed by atoms with Crippen LogP contribution in [0, 0.1) is 62.3 Å². The lowest BCUT2D eigenvalue weighted by molar-refractivity contribution is 0.414. The van der Waals surface area contributed by atoms with Gasteiger partial charge in [-0.3, -0.25) is 0 Å². The van der Waals surface area contributed by atoms with Crippen LogP contribution >= 0.6 is 8.25 Å². The SMILES string of the molecule is Cc1cc(C)c([Si](O[P+](=O)O)(c2c(C)cc(C)cc2C)c2c(C)cc(C)cc2C)c(C)c1. The average Bonchev–Trinajstić information content (AvgIpc) is 2.57. The van der Waals surface area contributed by atoms with E-state index in [-0.39, 0.29) is 0 Å². The van der Waals surface area contributed by atoms with Crippen molar-refractivity contribution in [1.82, 2.24) is 0 Å². The second-order valence-corrected chi connectivity index (χ2v) is 13.4. The van der Waals surface area contributed by atoms with E-state index in [4.69, 9.17) is 4.21 Å². The minimum atomic E-state index is -3.36. The van der Waals surface area contributed by atoms with Gasteiger partial charge in [0.25, 0.3) is 0 Å². The maximum absolute atomic E-state index is 12.6. The molecule has 0 aliphatic carbocycles. The minimum Gasteiger partial charge on any atom is -0.158 e. The van der Waals surface area contributed by atoms with Crippen LogP contribution in [0.4, 0.5) is 0 Å². The summed E-state index contributed by atoms with van der Waals surface area (Å²) in [4.78, 5) is 10.3. The van der Waals surface area contributed by atoms with Gasteiger partial charge in [0.2, 0.25) is 0 Å². The minimum absolute atomic E-state index is 1.07. The fourth-order valence-corrected chi connectivity index (χ4v) is 12.4. The fraction of sp³-hybridized carbons (Fsp3) is 0.333. The monoisotopic (exact) mass is 465 g/mol. The Morgan fingerprint density at radius 3 is 0.969 bits per heavy atom. The molecule has 3 aromatic carbocycles. The molecule has 0 saturated carbocycles. The largest absolute Gasteiger partial charge is 0.683 e. The summed E-state index contributed by atoms with van der Waals surface area (Å²) in [6.45, 7) is 18.9. The van der Waals surface area contributed by atoms with E-state index in [1.165, 1.54) is 16.7 Å². The van der Waals surface area contributed by atoms with Gasteiger partial charge in [-0.15, -0.1) is 4.89 Å². The van der Waals surface area contributed by atoms with Gasteiger partial charge >= 0.3 is 16.6 Å². The van der Waals surface area contributed by atoms with Crippen LogP contribution in [0.2, 0.25) is 0 Å². The Bertz CT molecular complexity index is 1020. The van der Waals surface area contributed by atoms with E-state index < -0.39 is 16.6 Å². The third-order valence-electron chi connectivity index (χ3n) is 6.30. The van der Waals surface area contributed by atoms with Crippen LogP contribution in [0.1, 0.15) is 50.1 Å². The summed E-state index contributed by atoms with van der Waals surface area (Å²) < 4.78 is 19.0. The predicted molar refractivity (Wildman–Crippen MR) is 138 cm³/mol. The molecule has 0 spiro atoms. The zero-order valence-electron chi connectivity index (χ0n) is 20.7. The molecule has 0 aromatic heterocycles. The Morgan fingerprint density at radius 2 is 0.781 bits per heavy atom. The molecule has 0 saturated heterocycles. The summed E-state index contributed by atoms with van der Waals surface area (Å²) in [5, 5.41) is 3.22. The third-order valence-corrected chi connectivity index (χ3v) is 12.5. The highest BCUT2D eigenvalue weighted by atomic mass is 31.1. The molecular weight excluding hydrogens is 431 g/mol. The Morgan fingerprint density at radius 1 is 0.562 bits per heavy atom. The first-order valence-electron chi connectivity index (χ1n) is 11.0. The summed E-state index contributed by atoms with van der Waals surface area (Å²) in [5.74, 6) is 0. The van der Waals surface area contributed by atoms with E-state index in [0.29, 0.717) is 0 Å². The molecule has 5 heteroatoms. The number of aryl methyl sites for hydroxylation is 9. The second kappa shape index (κ2) is 9.03. The average molecular weight is 466 g/mol. The molecule has 3 rings (SSSR count). The van der Waals surface area contributed by atoms with Gasteiger partial charge in [-0.2, -0.15) is 4.21 Å². The Hall–Kier alpha value is -2.10. The molecule has 0 fully saturated rings. The molecule has 0 aliphatic rings. The molecular formula is C27H34O3PSi+. The molecule has 3 nitrogen and oxygen atoms in total.